The quantitative estimate of drug-likeness (QED) is 0.714. The second-order valence-corrected chi connectivity index (χ2v) is 6.41. The Kier molecular flexibility index (Phi) is 4.87. The van der Waals surface area contributed by atoms with E-state index in [0.29, 0.717) is 36.8 Å². The first-order chi connectivity index (χ1) is 13.3. The highest BCUT2D eigenvalue weighted by Gasteiger charge is 2.27. The van der Waals surface area contributed by atoms with Crippen LogP contribution >= 0.6 is 0 Å². The number of hydrogen-bond donors (Lipinski definition) is 0. The number of aromatic nitrogens is 2. The summed E-state index contributed by atoms with van der Waals surface area (Å²) in [6, 6.07) is 17.8. The summed E-state index contributed by atoms with van der Waals surface area (Å²) in [6.45, 7) is 5.20. The number of rotatable bonds is 4. The van der Waals surface area contributed by atoms with Gasteiger partial charge in [-0.15, -0.1) is 0 Å². The number of hydrogen-bond acceptors (Lipinski definition) is 5. The molecule has 27 heavy (non-hydrogen) atoms. The Morgan fingerprint density at radius 1 is 0.926 bits per heavy atom. The summed E-state index contributed by atoms with van der Waals surface area (Å²) in [5.74, 6) is 0.191. The summed E-state index contributed by atoms with van der Waals surface area (Å²) in [7, 11) is 0. The molecule has 6 nitrogen and oxygen atoms in total. The van der Waals surface area contributed by atoms with Gasteiger partial charge in [0, 0.05) is 31.9 Å². The number of para-hydroxylation sites is 3. The standard InChI is InChI=1S/C21H22N4O2/c1-2-27-20-19(22-17-10-6-7-11-18(17)23-20)21(26)25-14-12-24(13-15-25)16-8-4-3-5-9-16/h3-11H,2,12-15H2,1H3. The molecule has 0 saturated carbocycles. The van der Waals surface area contributed by atoms with Crippen LogP contribution in [0.2, 0.25) is 0 Å². The summed E-state index contributed by atoms with van der Waals surface area (Å²) in [4.78, 5) is 26.3. The molecule has 0 aliphatic carbocycles. The molecular formula is C21H22N4O2. The van der Waals surface area contributed by atoms with E-state index in [9.17, 15) is 4.79 Å². The van der Waals surface area contributed by atoms with E-state index in [1.54, 1.807) is 0 Å². The zero-order valence-electron chi connectivity index (χ0n) is 15.3. The summed E-state index contributed by atoms with van der Waals surface area (Å²) >= 11 is 0. The Hall–Kier alpha value is -3.15. The second-order valence-electron chi connectivity index (χ2n) is 6.41. The van der Waals surface area contributed by atoms with Crippen LogP contribution in [0.3, 0.4) is 0 Å². The minimum Gasteiger partial charge on any atom is -0.476 e. The molecule has 0 atom stereocenters. The van der Waals surface area contributed by atoms with Crippen LogP contribution in [0.1, 0.15) is 17.4 Å². The number of ether oxygens (including phenoxy) is 1. The van der Waals surface area contributed by atoms with Gasteiger partial charge in [0.15, 0.2) is 5.69 Å². The van der Waals surface area contributed by atoms with Gasteiger partial charge in [0.25, 0.3) is 5.91 Å². The van der Waals surface area contributed by atoms with Gasteiger partial charge in [-0.1, -0.05) is 30.3 Å². The molecule has 0 unspecified atom stereocenters. The van der Waals surface area contributed by atoms with Gasteiger partial charge in [0.2, 0.25) is 5.88 Å². The van der Waals surface area contributed by atoms with Gasteiger partial charge in [0.05, 0.1) is 17.6 Å². The summed E-state index contributed by atoms with van der Waals surface area (Å²) in [5, 5.41) is 0. The fourth-order valence-electron chi connectivity index (χ4n) is 3.32. The highest BCUT2D eigenvalue weighted by atomic mass is 16.5. The highest BCUT2D eigenvalue weighted by Crippen LogP contribution is 2.22. The molecule has 0 spiro atoms. The van der Waals surface area contributed by atoms with Crippen LogP contribution in [0.25, 0.3) is 11.0 Å². The Labute approximate surface area is 158 Å². The molecule has 2 heterocycles. The summed E-state index contributed by atoms with van der Waals surface area (Å²) in [5.41, 5.74) is 2.91. The van der Waals surface area contributed by atoms with Crippen molar-refractivity contribution in [2.45, 2.75) is 6.92 Å². The lowest BCUT2D eigenvalue weighted by Gasteiger charge is -2.36. The van der Waals surface area contributed by atoms with E-state index in [0.717, 1.165) is 18.6 Å². The second kappa shape index (κ2) is 7.61. The van der Waals surface area contributed by atoms with E-state index >= 15 is 0 Å². The third-order valence-electron chi connectivity index (χ3n) is 4.71. The highest BCUT2D eigenvalue weighted by molar-refractivity contribution is 5.96. The lowest BCUT2D eigenvalue weighted by molar-refractivity contribution is 0.0735. The predicted molar refractivity (Wildman–Crippen MR) is 105 cm³/mol. The number of anilines is 1. The monoisotopic (exact) mass is 362 g/mol. The maximum absolute atomic E-state index is 13.1. The van der Waals surface area contributed by atoms with Gasteiger partial charge in [-0.25, -0.2) is 9.97 Å². The average molecular weight is 362 g/mol. The third-order valence-corrected chi connectivity index (χ3v) is 4.71. The molecule has 1 aromatic heterocycles. The SMILES string of the molecule is CCOc1nc2ccccc2nc1C(=O)N1CCN(c2ccccc2)CC1. The lowest BCUT2D eigenvalue weighted by Crippen LogP contribution is -2.49. The number of piperazine rings is 1. The number of carbonyl (C=O) groups is 1. The molecule has 0 radical (unpaired) electrons. The molecule has 6 heteroatoms. The summed E-state index contributed by atoms with van der Waals surface area (Å²) < 4.78 is 5.62. The van der Waals surface area contributed by atoms with E-state index in [1.807, 2.05) is 54.3 Å². The molecule has 1 aliphatic heterocycles. The van der Waals surface area contributed by atoms with Crippen LogP contribution in [0.5, 0.6) is 5.88 Å². The van der Waals surface area contributed by atoms with Crippen LogP contribution in [-0.4, -0.2) is 53.6 Å². The van der Waals surface area contributed by atoms with Gasteiger partial charge < -0.3 is 14.5 Å². The Balaban J connectivity index is 1.55. The van der Waals surface area contributed by atoms with Gasteiger partial charge >= 0.3 is 0 Å². The van der Waals surface area contributed by atoms with Crippen molar-refractivity contribution >= 4 is 22.6 Å². The normalized spacial score (nSPS) is 14.4. The van der Waals surface area contributed by atoms with Crippen LogP contribution in [0, 0.1) is 0 Å². The zero-order valence-corrected chi connectivity index (χ0v) is 15.3. The van der Waals surface area contributed by atoms with Gasteiger partial charge in [-0.3, -0.25) is 4.79 Å². The van der Waals surface area contributed by atoms with Crippen molar-refractivity contribution in [3.8, 4) is 5.88 Å². The van der Waals surface area contributed by atoms with Crippen LogP contribution < -0.4 is 9.64 Å². The van der Waals surface area contributed by atoms with Crippen molar-refractivity contribution in [1.29, 1.82) is 0 Å². The smallest absolute Gasteiger partial charge is 0.278 e. The van der Waals surface area contributed by atoms with Crippen LogP contribution in [0.15, 0.2) is 54.6 Å². The first kappa shape index (κ1) is 17.3. The summed E-state index contributed by atoms with van der Waals surface area (Å²) in [6.07, 6.45) is 0. The van der Waals surface area contributed by atoms with E-state index in [4.69, 9.17) is 4.74 Å². The number of benzene rings is 2. The zero-order chi connectivity index (χ0) is 18.6. The Morgan fingerprint density at radius 3 is 2.22 bits per heavy atom. The predicted octanol–water partition coefficient (Wildman–Crippen LogP) is 2.99. The minimum absolute atomic E-state index is 0.121. The molecule has 1 amide bonds. The van der Waals surface area contributed by atoms with Crippen molar-refractivity contribution in [3.63, 3.8) is 0 Å². The molecule has 0 N–H and O–H groups in total. The topological polar surface area (TPSA) is 58.6 Å². The first-order valence-corrected chi connectivity index (χ1v) is 9.25. The van der Waals surface area contributed by atoms with Gasteiger partial charge in [-0.2, -0.15) is 0 Å². The molecule has 1 aliphatic rings. The van der Waals surface area contributed by atoms with E-state index in [-0.39, 0.29) is 5.91 Å². The van der Waals surface area contributed by atoms with Crippen molar-refractivity contribution in [2.24, 2.45) is 0 Å². The molecule has 2 aromatic carbocycles. The van der Waals surface area contributed by atoms with E-state index in [1.165, 1.54) is 5.69 Å². The maximum atomic E-state index is 13.1. The largest absolute Gasteiger partial charge is 0.476 e. The van der Waals surface area contributed by atoms with Crippen LogP contribution in [0.4, 0.5) is 5.69 Å². The molecule has 1 saturated heterocycles. The molecule has 1 fully saturated rings. The number of amides is 1. The van der Waals surface area contributed by atoms with E-state index in [2.05, 4.69) is 27.0 Å². The van der Waals surface area contributed by atoms with Crippen molar-refractivity contribution in [3.05, 3.63) is 60.3 Å². The third kappa shape index (κ3) is 3.56. The average Bonchev–Trinajstić information content (AvgIpc) is 2.74. The fourth-order valence-corrected chi connectivity index (χ4v) is 3.32. The molecule has 0 bridgehead atoms. The molecule has 3 aromatic rings. The number of nitrogens with zero attached hydrogens (tertiary/aromatic N) is 4. The molecule has 138 valence electrons. The van der Waals surface area contributed by atoms with Gasteiger partial charge in [0.1, 0.15) is 0 Å². The number of carbonyl (C=O) groups excluding carboxylic acids is 1. The van der Waals surface area contributed by atoms with Crippen molar-refractivity contribution < 1.29 is 9.53 Å². The van der Waals surface area contributed by atoms with Crippen molar-refractivity contribution in [2.75, 3.05) is 37.7 Å². The minimum atomic E-state index is -0.121. The van der Waals surface area contributed by atoms with Crippen molar-refractivity contribution in [1.82, 2.24) is 14.9 Å². The lowest BCUT2D eigenvalue weighted by atomic mass is 10.2. The Morgan fingerprint density at radius 2 is 1.56 bits per heavy atom. The molecular weight excluding hydrogens is 340 g/mol. The fraction of sp³-hybridized carbons (Fsp3) is 0.286. The van der Waals surface area contributed by atoms with E-state index < -0.39 is 0 Å². The number of fused-ring (bicyclic) bond motifs is 1. The Bertz CT molecular complexity index is 937. The first-order valence-electron chi connectivity index (χ1n) is 9.25. The molecule has 4 rings (SSSR count). The maximum Gasteiger partial charge on any atom is 0.278 e. The van der Waals surface area contributed by atoms with Crippen LogP contribution in [-0.2, 0) is 0 Å². The van der Waals surface area contributed by atoms with Gasteiger partial charge in [-0.05, 0) is 31.2 Å².